The van der Waals surface area contributed by atoms with Crippen molar-refractivity contribution in [2.75, 3.05) is 0 Å². The molecular formula is C9H11Cl. The molecule has 0 aliphatic heterocycles. The molecule has 0 spiro atoms. The molecule has 1 aromatic carbocycles. The largest absolute Gasteiger partial charge is 0.0843 e. The van der Waals surface area contributed by atoms with E-state index in [0.717, 1.165) is 5.02 Å². The molecule has 0 radical (unpaired) electrons. The second-order valence-electron chi connectivity index (χ2n) is 2.77. The Morgan fingerprint density at radius 2 is 2.00 bits per heavy atom. The summed E-state index contributed by atoms with van der Waals surface area (Å²) in [6, 6.07) is 6.21. The van der Waals surface area contributed by atoms with Gasteiger partial charge in [-0.1, -0.05) is 17.7 Å². The number of rotatable bonds is 0. The topological polar surface area (TPSA) is 0 Å². The lowest BCUT2D eigenvalue weighted by molar-refractivity contribution is 0.912. The predicted molar refractivity (Wildman–Crippen MR) is 45.6 cm³/mol. The molecular weight excluding hydrogens is 144 g/mol. The van der Waals surface area contributed by atoms with Gasteiger partial charge in [0.1, 0.15) is 0 Å². The predicted octanol–water partition coefficient (Wildman–Crippen LogP) is 3.07. The first-order valence-electron chi connectivity index (χ1n) is 3.63. The molecule has 0 saturated carbocycles. The summed E-state index contributed by atoms with van der Waals surface area (Å²) in [4.78, 5) is 0. The van der Waals surface area contributed by atoms with Gasteiger partial charge in [0, 0.05) is 6.45 Å². The zero-order valence-electron chi connectivity index (χ0n) is 5.73. The normalized spacial score (nSPS) is 15.3. The Labute approximate surface area is 67.3 Å². The summed E-state index contributed by atoms with van der Waals surface area (Å²) < 4.78 is 0. The summed E-state index contributed by atoms with van der Waals surface area (Å²) in [6.07, 6.45) is 3.76. The Morgan fingerprint density at radius 1 is 1.20 bits per heavy atom. The van der Waals surface area contributed by atoms with Crippen LogP contribution in [0.2, 0.25) is 5.02 Å². The Balaban J connectivity index is 0.000000605. The minimum absolute atomic E-state index is 0. The van der Waals surface area contributed by atoms with Crippen LogP contribution in [0, 0.1) is 0 Å². The lowest BCUT2D eigenvalue weighted by atomic mass is 10.1. The van der Waals surface area contributed by atoms with E-state index in [1.807, 2.05) is 6.07 Å². The fourth-order valence-corrected chi connectivity index (χ4v) is 1.74. The van der Waals surface area contributed by atoms with Crippen molar-refractivity contribution in [3.63, 3.8) is 0 Å². The average molecular weight is 155 g/mol. The molecule has 1 aromatic rings. The van der Waals surface area contributed by atoms with Crippen molar-refractivity contribution >= 4 is 11.6 Å². The highest BCUT2D eigenvalue weighted by atomic mass is 35.5. The molecule has 0 fully saturated rings. The minimum Gasteiger partial charge on any atom is -0.0843 e. The van der Waals surface area contributed by atoms with Crippen molar-refractivity contribution in [3.8, 4) is 0 Å². The van der Waals surface area contributed by atoms with Crippen LogP contribution in [0.1, 0.15) is 19.0 Å². The van der Waals surface area contributed by atoms with Crippen LogP contribution in [0.25, 0.3) is 0 Å². The highest BCUT2D eigenvalue weighted by Gasteiger charge is 2.09. The van der Waals surface area contributed by atoms with Gasteiger partial charge in [-0.25, -0.2) is 0 Å². The summed E-state index contributed by atoms with van der Waals surface area (Å²) in [5.74, 6) is 0. The average Bonchev–Trinajstić information content (AvgIpc) is 2.33. The van der Waals surface area contributed by atoms with Gasteiger partial charge in [0.2, 0.25) is 0 Å². The van der Waals surface area contributed by atoms with Gasteiger partial charge in [-0.2, -0.15) is 0 Å². The van der Waals surface area contributed by atoms with E-state index in [2.05, 4.69) is 12.1 Å². The molecule has 1 aliphatic rings. The molecule has 10 heavy (non-hydrogen) atoms. The molecule has 0 heterocycles. The highest BCUT2D eigenvalue weighted by Crippen LogP contribution is 2.24. The van der Waals surface area contributed by atoms with Gasteiger partial charge in [-0.15, -0.1) is 0 Å². The molecule has 0 nitrogen and oxygen atoms in total. The molecule has 0 amide bonds. The van der Waals surface area contributed by atoms with Crippen molar-refractivity contribution < 1.29 is 1.43 Å². The molecule has 0 N–H and O–H groups in total. The van der Waals surface area contributed by atoms with Crippen LogP contribution in [-0.4, -0.2) is 0 Å². The standard InChI is InChI=1S/C9H9Cl.H2/c10-9-5-4-7-2-1-3-8(7)6-9;/h4-6H,1-3H2;1H. The van der Waals surface area contributed by atoms with Gasteiger partial charge in [-0.05, 0) is 42.5 Å². The smallest absolute Gasteiger partial charge is 0.0408 e. The van der Waals surface area contributed by atoms with E-state index >= 15 is 0 Å². The number of halogens is 1. The number of benzene rings is 1. The number of fused-ring (bicyclic) bond motifs is 1. The Kier molecular flexibility index (Phi) is 1.42. The maximum absolute atomic E-state index is 5.82. The van der Waals surface area contributed by atoms with E-state index in [1.165, 1.54) is 30.4 Å². The maximum atomic E-state index is 5.82. The van der Waals surface area contributed by atoms with Gasteiger partial charge in [0.05, 0.1) is 0 Å². The molecule has 0 bridgehead atoms. The molecule has 1 aliphatic carbocycles. The van der Waals surface area contributed by atoms with E-state index in [4.69, 9.17) is 11.6 Å². The Bertz CT molecular complexity index is 258. The van der Waals surface area contributed by atoms with Gasteiger partial charge in [0.25, 0.3) is 0 Å². The van der Waals surface area contributed by atoms with E-state index in [-0.39, 0.29) is 1.43 Å². The first kappa shape index (κ1) is 6.23. The van der Waals surface area contributed by atoms with E-state index in [1.54, 1.807) is 0 Å². The Hall–Kier alpha value is -0.490. The highest BCUT2D eigenvalue weighted by molar-refractivity contribution is 6.30. The van der Waals surface area contributed by atoms with E-state index in [0.29, 0.717) is 0 Å². The second kappa shape index (κ2) is 2.28. The van der Waals surface area contributed by atoms with Gasteiger partial charge in [-0.3, -0.25) is 0 Å². The molecule has 0 unspecified atom stereocenters. The number of hydrogen-bond acceptors (Lipinski definition) is 0. The van der Waals surface area contributed by atoms with Crippen LogP contribution < -0.4 is 0 Å². The molecule has 0 aromatic heterocycles. The molecule has 0 atom stereocenters. The van der Waals surface area contributed by atoms with Crippen LogP contribution in [0.4, 0.5) is 0 Å². The summed E-state index contributed by atoms with van der Waals surface area (Å²) >= 11 is 5.82. The molecule has 54 valence electrons. The summed E-state index contributed by atoms with van der Waals surface area (Å²) in [5, 5.41) is 0.876. The zero-order chi connectivity index (χ0) is 6.97. The first-order chi connectivity index (χ1) is 4.86. The van der Waals surface area contributed by atoms with Crippen LogP contribution in [0.5, 0.6) is 0 Å². The maximum Gasteiger partial charge on any atom is 0.0408 e. The quantitative estimate of drug-likeness (QED) is 0.539. The van der Waals surface area contributed by atoms with Gasteiger partial charge < -0.3 is 0 Å². The molecule has 1 heteroatoms. The van der Waals surface area contributed by atoms with Crippen LogP contribution in [0.3, 0.4) is 0 Å². The van der Waals surface area contributed by atoms with Gasteiger partial charge in [0.15, 0.2) is 0 Å². The first-order valence-corrected chi connectivity index (χ1v) is 4.01. The summed E-state index contributed by atoms with van der Waals surface area (Å²) in [6.45, 7) is 0. The molecule has 2 rings (SSSR count). The van der Waals surface area contributed by atoms with Gasteiger partial charge >= 0.3 is 0 Å². The SMILES string of the molecule is Clc1ccc2c(c1)CCC2.[HH]. The van der Waals surface area contributed by atoms with Crippen molar-refractivity contribution in [2.45, 2.75) is 19.3 Å². The third kappa shape index (κ3) is 0.929. The van der Waals surface area contributed by atoms with Crippen LogP contribution in [0.15, 0.2) is 18.2 Å². The van der Waals surface area contributed by atoms with Crippen molar-refractivity contribution in [1.82, 2.24) is 0 Å². The minimum atomic E-state index is 0. The van der Waals surface area contributed by atoms with E-state index in [9.17, 15) is 0 Å². The fourth-order valence-electron chi connectivity index (χ4n) is 1.54. The summed E-state index contributed by atoms with van der Waals surface area (Å²) in [7, 11) is 0. The summed E-state index contributed by atoms with van der Waals surface area (Å²) in [5.41, 5.74) is 2.94. The Morgan fingerprint density at radius 3 is 2.90 bits per heavy atom. The van der Waals surface area contributed by atoms with Crippen LogP contribution >= 0.6 is 11.6 Å². The number of hydrogen-bond donors (Lipinski definition) is 0. The number of aryl methyl sites for hydroxylation is 2. The lowest BCUT2D eigenvalue weighted by Gasteiger charge is -1.96. The third-order valence-corrected chi connectivity index (χ3v) is 2.30. The molecule has 0 saturated heterocycles. The van der Waals surface area contributed by atoms with Crippen molar-refractivity contribution in [2.24, 2.45) is 0 Å². The zero-order valence-corrected chi connectivity index (χ0v) is 6.49. The van der Waals surface area contributed by atoms with Crippen molar-refractivity contribution in [1.29, 1.82) is 0 Å². The third-order valence-electron chi connectivity index (χ3n) is 2.06. The lowest BCUT2D eigenvalue weighted by Crippen LogP contribution is -1.79. The van der Waals surface area contributed by atoms with Crippen LogP contribution in [-0.2, 0) is 12.8 Å². The second-order valence-corrected chi connectivity index (χ2v) is 3.20. The van der Waals surface area contributed by atoms with Crippen molar-refractivity contribution in [3.05, 3.63) is 34.3 Å². The van der Waals surface area contributed by atoms with E-state index < -0.39 is 0 Å². The fraction of sp³-hybridized carbons (Fsp3) is 0.333. The monoisotopic (exact) mass is 154 g/mol.